The van der Waals surface area contributed by atoms with E-state index in [1.165, 1.54) is 14.0 Å². The number of rotatable bonds is 5. The third kappa shape index (κ3) is 6.54. The van der Waals surface area contributed by atoms with Crippen LogP contribution in [-0.4, -0.2) is 64.5 Å². The van der Waals surface area contributed by atoms with Gasteiger partial charge in [0.1, 0.15) is 29.5 Å². The molecule has 2 aliphatic heterocycles. The van der Waals surface area contributed by atoms with Gasteiger partial charge in [-0.15, -0.1) is 0 Å². The zero-order valence-corrected chi connectivity index (χ0v) is 24.8. The topological polar surface area (TPSA) is 164 Å². The van der Waals surface area contributed by atoms with Crippen molar-refractivity contribution in [1.29, 1.82) is 0 Å². The quantitative estimate of drug-likeness (QED) is 0.128. The minimum Gasteiger partial charge on any atom is -0.458 e. The SMILES string of the molecule is CO[C@@]1(C)C[C@@H](C)C(=O)[C@@H](C)C(=O)O[C@@H](C)[C@]2(C)OC(=O)[C@@H](/C(N)=N/OC(C)PO)[C@@H]2[C@@H](C)C(=O)[C@H](C)C1. The molecule has 2 unspecified atom stereocenters. The highest BCUT2D eigenvalue weighted by molar-refractivity contribution is 7.31. The number of ether oxygens (including phenoxy) is 3. The molecule has 11 nitrogen and oxygen atoms in total. The highest BCUT2D eigenvalue weighted by atomic mass is 31.1. The first-order valence-corrected chi connectivity index (χ1v) is 14.0. The number of cyclic esters (lactones) is 1. The van der Waals surface area contributed by atoms with Crippen molar-refractivity contribution in [3.63, 3.8) is 0 Å². The Balaban J connectivity index is 2.63. The summed E-state index contributed by atoms with van der Waals surface area (Å²) in [4.78, 5) is 67.6. The Hall–Kier alpha value is -2.10. The number of carbonyl (C=O) groups excluding carboxylic acids is 4. The monoisotopic (exact) mass is 558 g/mol. The van der Waals surface area contributed by atoms with Gasteiger partial charge in [0.2, 0.25) is 0 Å². The van der Waals surface area contributed by atoms with Crippen molar-refractivity contribution in [3.8, 4) is 0 Å². The molecule has 0 amide bonds. The minimum atomic E-state index is -1.46. The molecule has 0 aromatic heterocycles. The lowest BCUT2D eigenvalue weighted by atomic mass is 9.67. The molecule has 216 valence electrons. The van der Waals surface area contributed by atoms with E-state index in [1.54, 1.807) is 41.5 Å². The van der Waals surface area contributed by atoms with Gasteiger partial charge in [-0.1, -0.05) is 25.9 Å². The highest BCUT2D eigenvalue weighted by Crippen LogP contribution is 2.47. The largest absolute Gasteiger partial charge is 0.458 e. The number of amidine groups is 1. The highest BCUT2D eigenvalue weighted by Gasteiger charge is 2.61. The van der Waals surface area contributed by atoms with Crippen LogP contribution in [0, 0.1) is 35.5 Å². The maximum absolute atomic E-state index is 13.8. The summed E-state index contributed by atoms with van der Waals surface area (Å²) in [5.41, 5.74) is 3.92. The fourth-order valence-electron chi connectivity index (χ4n) is 5.80. The van der Waals surface area contributed by atoms with Gasteiger partial charge in [0.05, 0.1) is 14.4 Å². The zero-order chi connectivity index (χ0) is 29.2. The first kappa shape index (κ1) is 32.1. The molecule has 0 saturated carbocycles. The fourth-order valence-corrected chi connectivity index (χ4v) is 5.90. The lowest BCUT2D eigenvalue weighted by Crippen LogP contribution is -2.52. The third-order valence-corrected chi connectivity index (χ3v) is 8.69. The van der Waals surface area contributed by atoms with Crippen molar-refractivity contribution >= 4 is 38.1 Å². The van der Waals surface area contributed by atoms with E-state index in [9.17, 15) is 24.1 Å². The molecule has 0 aliphatic carbocycles. The van der Waals surface area contributed by atoms with Crippen molar-refractivity contribution in [3.05, 3.63) is 0 Å². The number of hydrogen-bond acceptors (Lipinski definition) is 10. The number of nitrogens with zero attached hydrogens (tertiary/aromatic N) is 1. The summed E-state index contributed by atoms with van der Waals surface area (Å²) in [5.74, 6) is -7.66. The third-order valence-electron chi connectivity index (χ3n) is 8.22. The second-order valence-corrected chi connectivity index (χ2v) is 12.3. The van der Waals surface area contributed by atoms with Gasteiger partial charge in [-0.2, -0.15) is 0 Å². The van der Waals surface area contributed by atoms with Gasteiger partial charge in [0.25, 0.3) is 0 Å². The van der Waals surface area contributed by atoms with Crippen LogP contribution < -0.4 is 5.73 Å². The van der Waals surface area contributed by atoms with Crippen LogP contribution in [0.25, 0.3) is 0 Å². The standard InChI is InChI=1S/C26H43N2O9P/c1-12-10-25(7,34-9)11-13(2)21(30)15(4)23(31)35-16(5)26(8)19(14(3)20(12)29)18(24(32)36-26)22(27)28-37-17(6)38-33/h12-19,33,38H,10-11H2,1-9H3,(H2,27,28)/t12-,13-,14-,15-,16+,17?,18-,19+,25-,26+/m1/s1. The van der Waals surface area contributed by atoms with Crippen LogP contribution in [0.5, 0.6) is 0 Å². The summed E-state index contributed by atoms with van der Waals surface area (Å²) in [6, 6.07) is 0. The summed E-state index contributed by atoms with van der Waals surface area (Å²) >= 11 is 0. The predicted octanol–water partition coefficient (Wildman–Crippen LogP) is 2.57. The van der Waals surface area contributed by atoms with Crippen LogP contribution >= 0.6 is 8.81 Å². The Morgan fingerprint density at radius 1 is 1.05 bits per heavy atom. The minimum absolute atomic E-state index is 0.158. The Bertz CT molecular complexity index is 959. The summed E-state index contributed by atoms with van der Waals surface area (Å²) in [7, 11) is 0.970. The van der Waals surface area contributed by atoms with Crippen LogP contribution in [0.4, 0.5) is 0 Å². The smallest absolute Gasteiger partial charge is 0.317 e. The maximum Gasteiger partial charge on any atom is 0.317 e. The van der Waals surface area contributed by atoms with Gasteiger partial charge >= 0.3 is 11.9 Å². The van der Waals surface area contributed by atoms with Gasteiger partial charge in [-0.3, -0.25) is 19.2 Å². The van der Waals surface area contributed by atoms with E-state index in [0.717, 1.165) is 0 Å². The molecule has 0 aromatic carbocycles. The number of esters is 2. The Kier molecular flexibility index (Phi) is 10.5. The lowest BCUT2D eigenvalue weighted by molar-refractivity contribution is -0.181. The number of Topliss-reactive ketones (excluding diaryl/α,β-unsaturated/α-hetero) is 2. The number of methoxy groups -OCH3 is 1. The first-order chi connectivity index (χ1) is 17.5. The molecule has 2 heterocycles. The Morgan fingerprint density at radius 3 is 2.13 bits per heavy atom. The second kappa shape index (κ2) is 12.4. The molecule has 0 radical (unpaired) electrons. The molecule has 2 rings (SSSR count). The number of hydrogen-bond donors (Lipinski definition) is 2. The molecule has 12 heteroatoms. The molecular formula is C26H43N2O9P. The van der Waals surface area contributed by atoms with Gasteiger partial charge < -0.3 is 29.7 Å². The molecule has 0 spiro atoms. The molecular weight excluding hydrogens is 515 g/mol. The van der Waals surface area contributed by atoms with E-state index in [2.05, 4.69) is 5.16 Å². The summed E-state index contributed by atoms with van der Waals surface area (Å²) < 4.78 is 17.3. The van der Waals surface area contributed by atoms with Crippen molar-refractivity contribution in [2.75, 3.05) is 7.11 Å². The van der Waals surface area contributed by atoms with E-state index in [-0.39, 0.29) is 17.4 Å². The zero-order valence-electron chi connectivity index (χ0n) is 23.8. The van der Waals surface area contributed by atoms with Crippen LogP contribution in [-0.2, 0) is 38.2 Å². The maximum atomic E-state index is 13.8. The van der Waals surface area contributed by atoms with Gasteiger partial charge in [0.15, 0.2) is 17.3 Å². The summed E-state index contributed by atoms with van der Waals surface area (Å²) in [6.45, 7) is 13.3. The second-order valence-electron chi connectivity index (χ2n) is 11.3. The number of nitrogens with two attached hydrogens (primary N) is 1. The molecule has 38 heavy (non-hydrogen) atoms. The van der Waals surface area contributed by atoms with Gasteiger partial charge in [-0.25, -0.2) is 0 Å². The van der Waals surface area contributed by atoms with E-state index in [4.69, 9.17) is 24.8 Å². The molecule has 0 bridgehead atoms. The number of carbonyl (C=O) groups is 4. The van der Waals surface area contributed by atoms with Crippen LogP contribution in [0.1, 0.15) is 68.2 Å². The summed E-state index contributed by atoms with van der Waals surface area (Å²) in [6.07, 6.45) is -0.375. The molecule has 2 aliphatic rings. The predicted molar refractivity (Wildman–Crippen MR) is 141 cm³/mol. The van der Waals surface area contributed by atoms with Gasteiger partial charge in [0, 0.05) is 30.8 Å². The number of fused-ring (bicyclic) bond motifs is 1. The van der Waals surface area contributed by atoms with Crippen LogP contribution in [0.2, 0.25) is 0 Å². The average molecular weight is 559 g/mol. The molecule has 3 N–H and O–H groups in total. The van der Waals surface area contributed by atoms with Crippen LogP contribution in [0.3, 0.4) is 0 Å². The van der Waals surface area contributed by atoms with Crippen molar-refractivity contribution in [2.45, 2.75) is 91.4 Å². The number of ketones is 2. The fraction of sp³-hybridized carbons (Fsp3) is 0.808. The summed E-state index contributed by atoms with van der Waals surface area (Å²) in [5, 5.41) is 3.85. The average Bonchev–Trinajstić information content (AvgIpc) is 3.15. The molecule has 2 saturated heterocycles. The van der Waals surface area contributed by atoms with Gasteiger partial charge in [-0.05, 0) is 47.5 Å². The lowest BCUT2D eigenvalue weighted by Gasteiger charge is -2.40. The molecule has 2 fully saturated rings. The van der Waals surface area contributed by atoms with E-state index in [1.807, 2.05) is 6.92 Å². The Morgan fingerprint density at radius 2 is 1.61 bits per heavy atom. The van der Waals surface area contributed by atoms with E-state index < -0.39 is 79.4 Å². The van der Waals surface area contributed by atoms with Crippen molar-refractivity contribution in [2.24, 2.45) is 46.4 Å². The van der Waals surface area contributed by atoms with Crippen molar-refractivity contribution in [1.82, 2.24) is 0 Å². The van der Waals surface area contributed by atoms with E-state index in [0.29, 0.717) is 12.8 Å². The Labute approximate surface area is 226 Å². The molecule has 0 aromatic rings. The molecule has 11 atom stereocenters. The normalized spacial score (nSPS) is 40.9. The number of oxime groups is 1. The first-order valence-electron chi connectivity index (χ1n) is 13.0. The van der Waals surface area contributed by atoms with Crippen LogP contribution in [0.15, 0.2) is 5.16 Å². The van der Waals surface area contributed by atoms with Crippen molar-refractivity contribution < 1.29 is 43.1 Å². The van der Waals surface area contributed by atoms with E-state index >= 15 is 0 Å².